The van der Waals surface area contributed by atoms with Crippen LogP contribution in [0.25, 0.3) is 0 Å². The van der Waals surface area contributed by atoms with Gasteiger partial charge in [-0.1, -0.05) is 44.2 Å². The van der Waals surface area contributed by atoms with Gasteiger partial charge in [0.2, 0.25) is 5.91 Å². The number of hydrogen-bond donors (Lipinski definition) is 1. The number of carbonyl (C=O) groups is 1. The van der Waals surface area contributed by atoms with E-state index in [1.165, 1.54) is 37.4 Å². The van der Waals surface area contributed by atoms with Crippen LogP contribution in [0.5, 0.6) is 0 Å². The number of benzene rings is 1. The molecule has 0 heterocycles. The Morgan fingerprint density at radius 2 is 1.86 bits per heavy atom. The molecule has 0 atom stereocenters. The number of nitrogens with zero attached hydrogens (tertiary/aromatic N) is 1. The summed E-state index contributed by atoms with van der Waals surface area (Å²) in [5.41, 5.74) is 3.61. The van der Waals surface area contributed by atoms with Crippen LogP contribution < -0.4 is 5.43 Å². The van der Waals surface area contributed by atoms with Crippen LogP contribution in [0.2, 0.25) is 5.02 Å². The van der Waals surface area contributed by atoms with E-state index in [4.69, 9.17) is 11.6 Å². The van der Waals surface area contributed by atoms with E-state index in [2.05, 4.69) is 17.5 Å². The molecule has 22 heavy (non-hydrogen) atoms. The van der Waals surface area contributed by atoms with E-state index >= 15 is 0 Å². The van der Waals surface area contributed by atoms with Gasteiger partial charge in [0.05, 0.1) is 5.75 Å². The van der Waals surface area contributed by atoms with Crippen LogP contribution in [0.15, 0.2) is 34.3 Å². The third kappa shape index (κ3) is 9.11. The number of amides is 1. The lowest BCUT2D eigenvalue weighted by atomic mass is 10.1. The molecule has 1 amide bonds. The number of thioether (sulfide) groups is 1. The van der Waals surface area contributed by atoms with Gasteiger partial charge >= 0.3 is 0 Å². The molecule has 0 radical (unpaired) electrons. The molecular formula is C17H25ClN2OS. The lowest BCUT2D eigenvalue weighted by Crippen LogP contribution is -2.20. The summed E-state index contributed by atoms with van der Waals surface area (Å²) in [6, 6.07) is 7.46. The molecule has 0 bridgehead atoms. The van der Waals surface area contributed by atoms with Crippen molar-refractivity contribution in [3.63, 3.8) is 0 Å². The van der Waals surface area contributed by atoms with Gasteiger partial charge in [0.15, 0.2) is 0 Å². The van der Waals surface area contributed by atoms with Crippen LogP contribution in [-0.2, 0) is 4.79 Å². The van der Waals surface area contributed by atoms with Gasteiger partial charge in [-0.3, -0.25) is 4.79 Å². The first-order chi connectivity index (χ1) is 10.6. The molecule has 1 rings (SSSR count). The molecule has 0 aliphatic heterocycles. The number of unbranched alkanes of at least 4 members (excludes halogenated alkanes) is 4. The van der Waals surface area contributed by atoms with Crippen molar-refractivity contribution in [3.05, 3.63) is 29.3 Å². The zero-order valence-electron chi connectivity index (χ0n) is 13.4. The second kappa shape index (κ2) is 11.6. The molecular weight excluding hydrogens is 316 g/mol. The molecule has 1 aromatic carbocycles. The largest absolute Gasteiger partial charge is 0.272 e. The molecule has 0 fully saturated rings. The van der Waals surface area contributed by atoms with Crippen molar-refractivity contribution < 1.29 is 4.79 Å². The minimum atomic E-state index is -0.0784. The summed E-state index contributed by atoms with van der Waals surface area (Å²) in [4.78, 5) is 12.8. The highest BCUT2D eigenvalue weighted by Crippen LogP contribution is 2.19. The Balaban J connectivity index is 2.18. The van der Waals surface area contributed by atoms with Gasteiger partial charge in [-0.25, -0.2) is 5.43 Å². The van der Waals surface area contributed by atoms with Crippen LogP contribution in [0.3, 0.4) is 0 Å². The highest BCUT2D eigenvalue weighted by molar-refractivity contribution is 8.00. The molecule has 0 aromatic heterocycles. The standard InChI is InChI=1S/C17H25ClN2OS/c1-3-4-5-6-7-8-14(2)19-20-17(21)13-22-16-11-9-15(18)10-12-16/h9-12H,3-8,13H2,1-2H3,(H,20,21)/b19-14-. The second-order valence-electron chi connectivity index (χ2n) is 5.29. The van der Waals surface area contributed by atoms with Gasteiger partial charge in [-0.2, -0.15) is 5.10 Å². The van der Waals surface area contributed by atoms with Crippen LogP contribution in [0.4, 0.5) is 0 Å². The fourth-order valence-electron chi connectivity index (χ4n) is 1.91. The Kier molecular flexibility index (Phi) is 10.0. The molecule has 0 aliphatic rings. The fraction of sp³-hybridized carbons (Fsp3) is 0.529. The summed E-state index contributed by atoms with van der Waals surface area (Å²) < 4.78 is 0. The maximum Gasteiger partial charge on any atom is 0.250 e. The zero-order chi connectivity index (χ0) is 16.2. The summed E-state index contributed by atoms with van der Waals surface area (Å²) in [5.74, 6) is 0.278. The molecule has 3 nitrogen and oxygen atoms in total. The highest BCUT2D eigenvalue weighted by Gasteiger charge is 2.02. The normalized spacial score (nSPS) is 11.5. The second-order valence-corrected chi connectivity index (χ2v) is 6.77. The van der Waals surface area contributed by atoms with E-state index in [1.807, 2.05) is 31.2 Å². The Morgan fingerprint density at radius 3 is 2.55 bits per heavy atom. The first-order valence-electron chi connectivity index (χ1n) is 7.82. The first kappa shape index (κ1) is 19.0. The minimum absolute atomic E-state index is 0.0784. The first-order valence-corrected chi connectivity index (χ1v) is 9.18. The Labute approximate surface area is 142 Å². The summed E-state index contributed by atoms with van der Waals surface area (Å²) in [7, 11) is 0. The third-order valence-corrected chi connectivity index (χ3v) is 4.46. The van der Waals surface area contributed by atoms with E-state index in [0.717, 1.165) is 23.4 Å². The minimum Gasteiger partial charge on any atom is -0.272 e. The van der Waals surface area contributed by atoms with Crippen LogP contribution in [0, 0.1) is 0 Å². The SMILES string of the molecule is CCCCCCC/C(C)=N\NC(=O)CSc1ccc(Cl)cc1. The van der Waals surface area contributed by atoms with Gasteiger partial charge in [0.25, 0.3) is 0 Å². The van der Waals surface area contributed by atoms with Gasteiger partial charge in [-0.05, 0) is 44.0 Å². The lowest BCUT2D eigenvalue weighted by Gasteiger charge is -2.03. The molecule has 0 spiro atoms. The number of rotatable bonds is 10. The Morgan fingerprint density at radius 1 is 1.18 bits per heavy atom. The Bertz CT molecular complexity index is 474. The molecule has 1 N–H and O–H groups in total. The summed E-state index contributed by atoms with van der Waals surface area (Å²) in [6.45, 7) is 4.18. The molecule has 0 saturated carbocycles. The average molecular weight is 341 g/mol. The predicted octanol–water partition coefficient (Wildman–Crippen LogP) is 5.28. The molecule has 0 aliphatic carbocycles. The smallest absolute Gasteiger partial charge is 0.250 e. The number of carbonyl (C=O) groups excluding carboxylic acids is 1. The van der Waals surface area contributed by atoms with E-state index in [-0.39, 0.29) is 5.91 Å². The van der Waals surface area contributed by atoms with Crippen LogP contribution in [0.1, 0.15) is 52.4 Å². The van der Waals surface area contributed by atoms with Crippen molar-refractivity contribution >= 4 is 35.0 Å². The van der Waals surface area contributed by atoms with Gasteiger partial charge < -0.3 is 0 Å². The maximum atomic E-state index is 11.7. The van der Waals surface area contributed by atoms with Crippen molar-refractivity contribution in [3.8, 4) is 0 Å². The summed E-state index contributed by atoms with van der Waals surface area (Å²) in [6.07, 6.45) is 7.18. The van der Waals surface area contributed by atoms with Crippen molar-refractivity contribution in [2.45, 2.75) is 57.3 Å². The van der Waals surface area contributed by atoms with Gasteiger partial charge in [-0.15, -0.1) is 11.8 Å². The quantitative estimate of drug-likeness (QED) is 0.272. The van der Waals surface area contributed by atoms with Gasteiger partial charge in [0, 0.05) is 15.6 Å². The molecule has 5 heteroatoms. The molecule has 0 saturated heterocycles. The van der Waals surface area contributed by atoms with Crippen LogP contribution >= 0.6 is 23.4 Å². The summed E-state index contributed by atoms with van der Waals surface area (Å²) >= 11 is 7.30. The van der Waals surface area contributed by atoms with E-state index in [0.29, 0.717) is 10.8 Å². The predicted molar refractivity (Wildman–Crippen MR) is 96.8 cm³/mol. The molecule has 1 aromatic rings. The maximum absolute atomic E-state index is 11.7. The number of nitrogens with one attached hydrogen (secondary N) is 1. The zero-order valence-corrected chi connectivity index (χ0v) is 15.0. The third-order valence-electron chi connectivity index (χ3n) is 3.20. The van der Waals surface area contributed by atoms with Crippen molar-refractivity contribution in [2.75, 3.05) is 5.75 Å². The van der Waals surface area contributed by atoms with Crippen LogP contribution in [-0.4, -0.2) is 17.4 Å². The Hall–Kier alpha value is -1.00. The number of hydrogen-bond acceptors (Lipinski definition) is 3. The fourth-order valence-corrected chi connectivity index (χ4v) is 2.73. The van der Waals surface area contributed by atoms with E-state index < -0.39 is 0 Å². The van der Waals surface area contributed by atoms with E-state index in [9.17, 15) is 4.79 Å². The number of halogens is 1. The number of hydrazone groups is 1. The van der Waals surface area contributed by atoms with Gasteiger partial charge in [0.1, 0.15) is 0 Å². The van der Waals surface area contributed by atoms with Crippen molar-refractivity contribution in [2.24, 2.45) is 5.10 Å². The topological polar surface area (TPSA) is 41.5 Å². The van der Waals surface area contributed by atoms with E-state index in [1.54, 1.807) is 0 Å². The monoisotopic (exact) mass is 340 g/mol. The highest BCUT2D eigenvalue weighted by atomic mass is 35.5. The van der Waals surface area contributed by atoms with Crippen molar-refractivity contribution in [1.29, 1.82) is 0 Å². The summed E-state index contributed by atoms with van der Waals surface area (Å²) in [5, 5.41) is 4.85. The van der Waals surface area contributed by atoms with Crippen molar-refractivity contribution in [1.82, 2.24) is 5.43 Å². The average Bonchev–Trinajstić information content (AvgIpc) is 2.52. The lowest BCUT2D eigenvalue weighted by molar-refractivity contribution is -0.118. The molecule has 0 unspecified atom stereocenters. The molecule has 122 valence electrons.